The first-order chi connectivity index (χ1) is 10.9. The summed E-state index contributed by atoms with van der Waals surface area (Å²) >= 11 is 6.16. The number of rotatable bonds is 4. The SMILES string of the molecule is CCC(C)(C)Nc1c(-c2ccccc2O)nc2ccc(Cl)cn12. The number of nitrogens with zero attached hydrogens (tertiary/aromatic N) is 2. The second kappa shape index (κ2) is 5.78. The summed E-state index contributed by atoms with van der Waals surface area (Å²) < 4.78 is 1.93. The van der Waals surface area contributed by atoms with Crippen LogP contribution in [0.5, 0.6) is 5.75 Å². The van der Waals surface area contributed by atoms with Crippen molar-refractivity contribution in [3.05, 3.63) is 47.6 Å². The summed E-state index contributed by atoms with van der Waals surface area (Å²) in [6, 6.07) is 10.9. The van der Waals surface area contributed by atoms with Gasteiger partial charge in [0.05, 0.1) is 5.02 Å². The minimum Gasteiger partial charge on any atom is -0.507 e. The van der Waals surface area contributed by atoms with E-state index in [9.17, 15) is 5.11 Å². The average Bonchev–Trinajstić information content (AvgIpc) is 2.85. The highest BCUT2D eigenvalue weighted by Crippen LogP contribution is 2.36. The van der Waals surface area contributed by atoms with Crippen LogP contribution in [0, 0.1) is 0 Å². The minimum atomic E-state index is -0.114. The van der Waals surface area contributed by atoms with Gasteiger partial charge in [0.15, 0.2) is 0 Å². The van der Waals surface area contributed by atoms with E-state index < -0.39 is 0 Å². The largest absolute Gasteiger partial charge is 0.507 e. The molecule has 0 saturated carbocycles. The lowest BCUT2D eigenvalue weighted by Gasteiger charge is -2.26. The van der Waals surface area contributed by atoms with E-state index in [2.05, 4.69) is 31.1 Å². The topological polar surface area (TPSA) is 49.6 Å². The quantitative estimate of drug-likeness (QED) is 0.711. The molecule has 1 aromatic carbocycles. The zero-order valence-electron chi connectivity index (χ0n) is 13.5. The molecule has 2 aromatic heterocycles. The van der Waals surface area contributed by atoms with Crippen LogP contribution in [0.1, 0.15) is 27.2 Å². The Morgan fingerprint density at radius 1 is 1.22 bits per heavy atom. The van der Waals surface area contributed by atoms with E-state index in [-0.39, 0.29) is 11.3 Å². The van der Waals surface area contributed by atoms with E-state index in [0.29, 0.717) is 16.3 Å². The van der Waals surface area contributed by atoms with E-state index in [0.717, 1.165) is 17.9 Å². The van der Waals surface area contributed by atoms with Gasteiger partial charge in [-0.05, 0) is 44.5 Å². The fourth-order valence-corrected chi connectivity index (χ4v) is 2.57. The van der Waals surface area contributed by atoms with Crippen molar-refractivity contribution in [3.8, 4) is 17.0 Å². The summed E-state index contributed by atoms with van der Waals surface area (Å²) in [7, 11) is 0. The summed E-state index contributed by atoms with van der Waals surface area (Å²) in [5.41, 5.74) is 2.08. The highest BCUT2D eigenvalue weighted by molar-refractivity contribution is 6.30. The maximum atomic E-state index is 10.2. The number of hydrogen-bond acceptors (Lipinski definition) is 3. The Balaban J connectivity index is 2.26. The van der Waals surface area contributed by atoms with Gasteiger partial charge in [0.1, 0.15) is 22.9 Å². The molecule has 23 heavy (non-hydrogen) atoms. The number of para-hydroxylation sites is 1. The van der Waals surface area contributed by atoms with Crippen molar-refractivity contribution >= 4 is 23.1 Å². The van der Waals surface area contributed by atoms with E-state index in [1.165, 1.54) is 0 Å². The van der Waals surface area contributed by atoms with Crippen molar-refractivity contribution < 1.29 is 5.11 Å². The molecule has 0 saturated heterocycles. The van der Waals surface area contributed by atoms with Crippen LogP contribution < -0.4 is 5.32 Å². The monoisotopic (exact) mass is 329 g/mol. The molecular weight excluding hydrogens is 310 g/mol. The maximum absolute atomic E-state index is 10.2. The number of halogens is 1. The van der Waals surface area contributed by atoms with Gasteiger partial charge in [-0.3, -0.25) is 4.40 Å². The molecule has 4 nitrogen and oxygen atoms in total. The Hall–Kier alpha value is -2.20. The van der Waals surface area contributed by atoms with Crippen LogP contribution in [0.15, 0.2) is 42.6 Å². The number of nitrogens with one attached hydrogen (secondary N) is 1. The van der Waals surface area contributed by atoms with Gasteiger partial charge in [0.2, 0.25) is 0 Å². The number of benzene rings is 1. The summed E-state index contributed by atoms with van der Waals surface area (Å²) in [6.45, 7) is 6.39. The second-order valence-corrected chi connectivity index (χ2v) is 6.70. The number of aromatic nitrogens is 2. The second-order valence-electron chi connectivity index (χ2n) is 6.26. The molecule has 0 aliphatic carbocycles. The molecule has 0 bridgehead atoms. The fraction of sp³-hybridized carbons (Fsp3) is 0.278. The summed E-state index contributed by atoms with van der Waals surface area (Å²) in [5.74, 6) is 1.04. The van der Waals surface area contributed by atoms with Crippen LogP contribution >= 0.6 is 11.6 Å². The van der Waals surface area contributed by atoms with Crippen LogP contribution in [0.2, 0.25) is 5.02 Å². The molecular formula is C18H20ClN3O. The summed E-state index contributed by atoms with van der Waals surface area (Å²) in [5, 5.41) is 14.4. The van der Waals surface area contributed by atoms with Gasteiger partial charge in [0.25, 0.3) is 0 Å². The third-order valence-corrected chi connectivity index (χ3v) is 4.31. The molecule has 0 aliphatic rings. The van der Waals surface area contributed by atoms with E-state index >= 15 is 0 Å². The minimum absolute atomic E-state index is 0.114. The van der Waals surface area contributed by atoms with Gasteiger partial charge >= 0.3 is 0 Å². The molecule has 0 fully saturated rings. The molecule has 0 radical (unpaired) electrons. The average molecular weight is 330 g/mol. The van der Waals surface area contributed by atoms with Gasteiger partial charge in [0, 0.05) is 17.3 Å². The van der Waals surface area contributed by atoms with Gasteiger partial charge in [-0.2, -0.15) is 0 Å². The maximum Gasteiger partial charge on any atom is 0.139 e. The van der Waals surface area contributed by atoms with Crippen molar-refractivity contribution in [2.24, 2.45) is 0 Å². The predicted octanol–water partition coefficient (Wildman–Crippen LogP) is 4.96. The van der Waals surface area contributed by atoms with Gasteiger partial charge in [-0.25, -0.2) is 4.98 Å². The molecule has 0 unspecified atom stereocenters. The standard InChI is InChI=1S/C18H20ClN3O/c1-4-18(2,3)21-17-16(13-7-5-6-8-14(13)23)20-15-10-9-12(19)11-22(15)17/h5-11,21,23H,4H2,1-3H3. The zero-order chi connectivity index (χ0) is 16.6. The number of anilines is 1. The first-order valence-electron chi connectivity index (χ1n) is 7.65. The van der Waals surface area contributed by atoms with Crippen molar-refractivity contribution in [2.75, 3.05) is 5.32 Å². The smallest absolute Gasteiger partial charge is 0.139 e. The van der Waals surface area contributed by atoms with Gasteiger partial charge in [-0.1, -0.05) is 30.7 Å². The molecule has 3 rings (SSSR count). The molecule has 0 spiro atoms. The number of phenols is 1. The third kappa shape index (κ3) is 2.99. The van der Waals surface area contributed by atoms with Crippen LogP contribution in [-0.4, -0.2) is 20.0 Å². The van der Waals surface area contributed by atoms with Crippen molar-refractivity contribution in [2.45, 2.75) is 32.7 Å². The van der Waals surface area contributed by atoms with Gasteiger partial charge in [-0.15, -0.1) is 0 Å². The Bertz CT molecular complexity index is 855. The lowest BCUT2D eigenvalue weighted by molar-refractivity contribution is 0.477. The summed E-state index contributed by atoms with van der Waals surface area (Å²) in [4.78, 5) is 4.69. The van der Waals surface area contributed by atoms with Crippen LogP contribution in [0.25, 0.3) is 16.9 Å². The number of fused-ring (bicyclic) bond motifs is 1. The van der Waals surface area contributed by atoms with Gasteiger partial charge < -0.3 is 10.4 Å². The molecule has 3 aromatic rings. The molecule has 2 N–H and O–H groups in total. The van der Waals surface area contributed by atoms with E-state index in [1.54, 1.807) is 12.1 Å². The lowest BCUT2D eigenvalue weighted by Crippen LogP contribution is -2.30. The van der Waals surface area contributed by atoms with E-state index in [1.807, 2.05) is 34.9 Å². The number of phenolic OH excluding ortho intramolecular Hbond substituents is 1. The Labute approximate surface area is 140 Å². The Morgan fingerprint density at radius 3 is 2.65 bits per heavy atom. The van der Waals surface area contributed by atoms with Crippen LogP contribution in [-0.2, 0) is 0 Å². The number of hydrogen-bond donors (Lipinski definition) is 2. The molecule has 0 amide bonds. The Kier molecular flexibility index (Phi) is 3.94. The first-order valence-corrected chi connectivity index (χ1v) is 8.03. The van der Waals surface area contributed by atoms with Crippen molar-refractivity contribution in [1.82, 2.24) is 9.38 Å². The van der Waals surface area contributed by atoms with Crippen LogP contribution in [0.3, 0.4) is 0 Å². The van der Waals surface area contributed by atoms with Crippen molar-refractivity contribution in [1.29, 1.82) is 0 Å². The molecule has 2 heterocycles. The Morgan fingerprint density at radius 2 is 1.96 bits per heavy atom. The molecule has 0 atom stereocenters. The van der Waals surface area contributed by atoms with E-state index in [4.69, 9.17) is 11.6 Å². The third-order valence-electron chi connectivity index (χ3n) is 4.08. The highest BCUT2D eigenvalue weighted by Gasteiger charge is 2.22. The fourth-order valence-electron chi connectivity index (χ4n) is 2.41. The zero-order valence-corrected chi connectivity index (χ0v) is 14.2. The molecule has 120 valence electrons. The number of imidazole rings is 1. The highest BCUT2D eigenvalue weighted by atomic mass is 35.5. The number of pyridine rings is 1. The molecule has 5 heteroatoms. The van der Waals surface area contributed by atoms with Crippen LogP contribution in [0.4, 0.5) is 5.82 Å². The van der Waals surface area contributed by atoms with Crippen molar-refractivity contribution in [3.63, 3.8) is 0 Å². The first kappa shape index (κ1) is 15.7. The lowest BCUT2D eigenvalue weighted by atomic mass is 10.0. The molecule has 0 aliphatic heterocycles. The normalized spacial score (nSPS) is 11.8. The predicted molar refractivity (Wildman–Crippen MR) is 95.3 cm³/mol. The summed E-state index contributed by atoms with van der Waals surface area (Å²) in [6.07, 6.45) is 2.78. The number of aromatic hydroxyl groups is 1.